The summed E-state index contributed by atoms with van der Waals surface area (Å²) in [7, 11) is 0. The first-order valence-electron chi connectivity index (χ1n) is 5.99. The van der Waals surface area contributed by atoms with Crippen molar-refractivity contribution in [2.75, 3.05) is 12.3 Å². The zero-order valence-corrected chi connectivity index (χ0v) is 10.7. The average Bonchev–Trinajstić information content (AvgIpc) is 2.40. The van der Waals surface area contributed by atoms with Crippen LogP contribution in [0.3, 0.4) is 0 Å². The maximum atomic E-state index is 11.5. The van der Waals surface area contributed by atoms with Crippen LogP contribution in [0.4, 0.5) is 5.69 Å². The van der Waals surface area contributed by atoms with E-state index in [9.17, 15) is 9.59 Å². The van der Waals surface area contributed by atoms with E-state index < -0.39 is 5.97 Å². The van der Waals surface area contributed by atoms with Gasteiger partial charge in [0.15, 0.2) is 0 Å². The molecule has 0 aliphatic carbocycles. The number of nitrogens with zero attached hydrogens (tertiary/aromatic N) is 1. The molecule has 20 heavy (non-hydrogen) atoms. The number of carboxylic acids is 1. The highest BCUT2D eigenvalue weighted by atomic mass is 16.5. The van der Waals surface area contributed by atoms with E-state index in [0.29, 0.717) is 12.3 Å². The van der Waals surface area contributed by atoms with Crippen molar-refractivity contribution in [3.63, 3.8) is 0 Å². The molecule has 1 aromatic heterocycles. The summed E-state index contributed by atoms with van der Waals surface area (Å²) in [5, 5.41) is 8.85. The first-order valence-corrected chi connectivity index (χ1v) is 5.99. The fourth-order valence-corrected chi connectivity index (χ4v) is 1.73. The number of rotatable bonds is 5. The Morgan fingerprint density at radius 2 is 2.10 bits per heavy atom. The molecule has 6 nitrogen and oxygen atoms in total. The van der Waals surface area contributed by atoms with E-state index >= 15 is 0 Å². The Labute approximate surface area is 115 Å². The van der Waals surface area contributed by atoms with Crippen LogP contribution in [0.5, 0.6) is 5.75 Å². The maximum absolute atomic E-state index is 11.5. The van der Waals surface area contributed by atoms with Crippen molar-refractivity contribution < 1.29 is 14.6 Å². The fourth-order valence-electron chi connectivity index (χ4n) is 1.73. The molecule has 0 radical (unpaired) electrons. The number of aromatic nitrogens is 1. The summed E-state index contributed by atoms with van der Waals surface area (Å²) < 4.78 is 6.97. The van der Waals surface area contributed by atoms with Gasteiger partial charge in [0, 0.05) is 24.0 Å². The molecule has 0 saturated carbocycles. The van der Waals surface area contributed by atoms with Crippen molar-refractivity contribution in [3.8, 4) is 5.75 Å². The van der Waals surface area contributed by atoms with Gasteiger partial charge >= 0.3 is 5.97 Å². The molecular weight excluding hydrogens is 260 g/mol. The van der Waals surface area contributed by atoms with E-state index in [-0.39, 0.29) is 23.4 Å². The van der Waals surface area contributed by atoms with E-state index in [4.69, 9.17) is 15.6 Å². The largest absolute Gasteiger partial charge is 0.492 e. The molecular formula is C14H14N2O4. The lowest BCUT2D eigenvalue weighted by molar-refractivity contribution is 0.0698. The molecule has 6 heteroatoms. The van der Waals surface area contributed by atoms with Gasteiger partial charge in [0.05, 0.1) is 12.1 Å². The molecule has 0 spiro atoms. The summed E-state index contributed by atoms with van der Waals surface area (Å²) in [5.41, 5.74) is 5.70. The average molecular weight is 274 g/mol. The zero-order valence-electron chi connectivity index (χ0n) is 10.7. The van der Waals surface area contributed by atoms with Gasteiger partial charge in [-0.3, -0.25) is 4.79 Å². The van der Waals surface area contributed by atoms with Gasteiger partial charge < -0.3 is 20.1 Å². The lowest BCUT2D eigenvalue weighted by atomic mass is 10.2. The SMILES string of the molecule is Nc1cc(OCCn2ccccc2=O)ccc1C(=O)O. The second-order valence-electron chi connectivity index (χ2n) is 4.13. The molecule has 3 N–H and O–H groups in total. The van der Waals surface area contributed by atoms with Gasteiger partial charge in [-0.05, 0) is 18.2 Å². The topological polar surface area (TPSA) is 94.5 Å². The molecule has 104 valence electrons. The van der Waals surface area contributed by atoms with E-state index in [0.717, 1.165) is 0 Å². The van der Waals surface area contributed by atoms with Crippen LogP contribution in [-0.4, -0.2) is 22.2 Å². The van der Waals surface area contributed by atoms with Crippen LogP contribution in [0.1, 0.15) is 10.4 Å². The minimum atomic E-state index is -1.08. The van der Waals surface area contributed by atoms with Gasteiger partial charge in [0.2, 0.25) is 0 Å². The van der Waals surface area contributed by atoms with Crippen molar-refractivity contribution >= 4 is 11.7 Å². The van der Waals surface area contributed by atoms with Crippen molar-refractivity contribution in [1.29, 1.82) is 0 Å². The molecule has 0 fully saturated rings. The van der Waals surface area contributed by atoms with E-state index in [1.807, 2.05) is 0 Å². The Bertz CT molecular complexity index is 679. The number of ether oxygens (including phenoxy) is 1. The van der Waals surface area contributed by atoms with Gasteiger partial charge in [-0.2, -0.15) is 0 Å². The van der Waals surface area contributed by atoms with Gasteiger partial charge in [0.1, 0.15) is 12.4 Å². The highest BCUT2D eigenvalue weighted by Gasteiger charge is 2.08. The van der Waals surface area contributed by atoms with Gasteiger partial charge in [0.25, 0.3) is 5.56 Å². The van der Waals surface area contributed by atoms with Crippen LogP contribution < -0.4 is 16.0 Å². The molecule has 0 aliphatic heterocycles. The first kappa shape index (κ1) is 13.7. The Morgan fingerprint density at radius 3 is 2.75 bits per heavy atom. The molecule has 2 rings (SSSR count). The van der Waals surface area contributed by atoms with Crippen molar-refractivity contribution in [2.24, 2.45) is 0 Å². The van der Waals surface area contributed by atoms with Gasteiger partial charge in [-0.15, -0.1) is 0 Å². The summed E-state index contributed by atoms with van der Waals surface area (Å²) in [6, 6.07) is 9.29. The van der Waals surface area contributed by atoms with E-state index in [1.54, 1.807) is 18.3 Å². The third kappa shape index (κ3) is 3.17. The lowest BCUT2D eigenvalue weighted by Crippen LogP contribution is -2.21. The quantitative estimate of drug-likeness (QED) is 0.799. The molecule has 0 bridgehead atoms. The first-order chi connectivity index (χ1) is 9.58. The summed E-state index contributed by atoms with van der Waals surface area (Å²) in [4.78, 5) is 22.3. The number of nitrogen functional groups attached to an aromatic ring is 1. The summed E-state index contributed by atoms with van der Waals surface area (Å²) >= 11 is 0. The van der Waals surface area contributed by atoms with Crippen molar-refractivity contribution in [2.45, 2.75) is 6.54 Å². The second-order valence-corrected chi connectivity index (χ2v) is 4.13. The molecule has 2 aromatic rings. The van der Waals surface area contributed by atoms with Gasteiger partial charge in [-0.1, -0.05) is 6.07 Å². The van der Waals surface area contributed by atoms with E-state index in [2.05, 4.69) is 0 Å². The number of aromatic carboxylic acids is 1. The normalized spacial score (nSPS) is 10.2. The maximum Gasteiger partial charge on any atom is 0.337 e. The predicted octanol–water partition coefficient (Wildman–Crippen LogP) is 1.21. The Hall–Kier alpha value is -2.76. The number of carboxylic acid groups (broad SMARTS) is 1. The zero-order chi connectivity index (χ0) is 14.5. The Balaban J connectivity index is 1.98. The standard InChI is InChI=1S/C14H14N2O4/c15-12-9-10(4-5-11(12)14(18)19)20-8-7-16-6-2-1-3-13(16)17/h1-6,9H,7-8,15H2,(H,18,19). The van der Waals surface area contributed by atoms with Crippen LogP contribution in [0.15, 0.2) is 47.4 Å². The predicted molar refractivity (Wildman–Crippen MR) is 74.0 cm³/mol. The lowest BCUT2D eigenvalue weighted by Gasteiger charge is -2.09. The highest BCUT2D eigenvalue weighted by Crippen LogP contribution is 2.19. The molecule has 0 amide bonds. The summed E-state index contributed by atoms with van der Waals surface area (Å²) in [6.45, 7) is 0.691. The third-order valence-corrected chi connectivity index (χ3v) is 2.75. The highest BCUT2D eigenvalue weighted by molar-refractivity contribution is 5.93. The van der Waals surface area contributed by atoms with Crippen LogP contribution in [-0.2, 0) is 6.54 Å². The number of hydrogen-bond donors (Lipinski definition) is 2. The van der Waals surface area contributed by atoms with Crippen LogP contribution in [0.25, 0.3) is 0 Å². The Morgan fingerprint density at radius 1 is 1.30 bits per heavy atom. The second kappa shape index (κ2) is 5.92. The molecule has 0 saturated heterocycles. The number of hydrogen-bond acceptors (Lipinski definition) is 4. The fraction of sp³-hybridized carbons (Fsp3) is 0.143. The van der Waals surface area contributed by atoms with Crippen LogP contribution in [0.2, 0.25) is 0 Å². The number of nitrogens with two attached hydrogens (primary N) is 1. The Kier molecular flexibility index (Phi) is 4.05. The molecule has 1 aromatic carbocycles. The summed E-state index contributed by atoms with van der Waals surface area (Å²) in [5.74, 6) is -0.610. The van der Waals surface area contributed by atoms with Crippen LogP contribution in [0, 0.1) is 0 Å². The third-order valence-electron chi connectivity index (χ3n) is 2.75. The molecule has 0 unspecified atom stereocenters. The number of pyridine rings is 1. The smallest absolute Gasteiger partial charge is 0.337 e. The van der Waals surface area contributed by atoms with E-state index in [1.165, 1.54) is 28.8 Å². The van der Waals surface area contributed by atoms with Crippen LogP contribution >= 0.6 is 0 Å². The van der Waals surface area contributed by atoms with Crippen molar-refractivity contribution in [3.05, 3.63) is 58.5 Å². The minimum Gasteiger partial charge on any atom is -0.492 e. The van der Waals surface area contributed by atoms with Crippen molar-refractivity contribution in [1.82, 2.24) is 4.57 Å². The minimum absolute atomic E-state index is 0.0385. The molecule has 0 atom stereocenters. The summed E-state index contributed by atoms with van der Waals surface area (Å²) in [6.07, 6.45) is 1.67. The van der Waals surface area contributed by atoms with Gasteiger partial charge in [-0.25, -0.2) is 4.79 Å². The number of benzene rings is 1. The monoisotopic (exact) mass is 274 g/mol. The number of carbonyl (C=O) groups is 1. The molecule has 0 aliphatic rings. The molecule has 1 heterocycles. The number of anilines is 1.